The van der Waals surface area contributed by atoms with E-state index in [1.807, 2.05) is 14.0 Å². The first-order valence-corrected chi connectivity index (χ1v) is 10.1. The minimum absolute atomic E-state index is 0.276. The number of hydrogen-bond acceptors (Lipinski definition) is 2. The van der Waals surface area contributed by atoms with Gasteiger partial charge in [-0.25, -0.2) is 0 Å². The van der Waals surface area contributed by atoms with Gasteiger partial charge in [-0.1, -0.05) is 25.5 Å². The van der Waals surface area contributed by atoms with Gasteiger partial charge in [0.25, 0.3) is 0 Å². The SMILES string of the molecule is CO[C@H]1CC[C@@]2(C)C(=CC[C@H]3[C@@H]4CC[C@H](C(C)=O)[C@@]4(C)CC[C@@H]32)C1. The molecule has 2 heteroatoms. The van der Waals surface area contributed by atoms with Gasteiger partial charge in [0.1, 0.15) is 5.78 Å². The lowest BCUT2D eigenvalue weighted by atomic mass is 9.47. The van der Waals surface area contributed by atoms with Gasteiger partial charge in [0.05, 0.1) is 6.10 Å². The number of carbonyl (C=O) groups excluding carboxylic acids is 1. The number of rotatable bonds is 2. The Bertz CT molecular complexity index is 564. The summed E-state index contributed by atoms with van der Waals surface area (Å²) in [5.74, 6) is 3.17. The number of Topliss-reactive ketones (excluding diaryl/α,β-unsaturated/α-hetero) is 1. The smallest absolute Gasteiger partial charge is 0.133 e. The van der Waals surface area contributed by atoms with E-state index in [1.54, 1.807) is 5.57 Å². The van der Waals surface area contributed by atoms with E-state index in [0.717, 1.165) is 30.6 Å². The van der Waals surface area contributed by atoms with Crippen LogP contribution in [0.3, 0.4) is 0 Å². The predicted molar refractivity (Wildman–Crippen MR) is 96.7 cm³/mol. The van der Waals surface area contributed by atoms with Crippen LogP contribution in [0.25, 0.3) is 0 Å². The van der Waals surface area contributed by atoms with Crippen molar-refractivity contribution < 1.29 is 9.53 Å². The molecule has 3 saturated carbocycles. The van der Waals surface area contributed by atoms with Crippen LogP contribution in [0.1, 0.15) is 72.1 Å². The molecule has 0 saturated heterocycles. The summed E-state index contributed by atoms with van der Waals surface area (Å²) in [5, 5.41) is 0. The molecule has 3 fully saturated rings. The number of ether oxygens (including phenoxy) is 1. The fourth-order valence-corrected chi connectivity index (χ4v) is 7.50. The standard InChI is InChI=1S/C22H34O2/c1-14(23)18-7-8-19-17-6-5-15-13-16(24-4)9-11-21(15,2)20(17)10-12-22(18,19)3/h5,16-20H,6-13H2,1-4H3/t16-,17-,18+,19-,20-,21-,22+/m0/s1. The Morgan fingerprint density at radius 2 is 1.92 bits per heavy atom. The highest BCUT2D eigenvalue weighted by molar-refractivity contribution is 5.79. The zero-order chi connectivity index (χ0) is 17.1. The Morgan fingerprint density at radius 3 is 2.62 bits per heavy atom. The van der Waals surface area contributed by atoms with Gasteiger partial charge in [-0.05, 0) is 86.9 Å². The summed E-state index contributed by atoms with van der Waals surface area (Å²) in [6.45, 7) is 6.81. The van der Waals surface area contributed by atoms with Gasteiger partial charge >= 0.3 is 0 Å². The minimum atomic E-state index is 0.276. The molecule has 134 valence electrons. The molecule has 0 radical (unpaired) electrons. The van der Waals surface area contributed by atoms with E-state index < -0.39 is 0 Å². The van der Waals surface area contributed by atoms with Crippen molar-refractivity contribution in [2.75, 3.05) is 7.11 Å². The Hall–Kier alpha value is -0.630. The molecule has 24 heavy (non-hydrogen) atoms. The lowest BCUT2D eigenvalue weighted by molar-refractivity contribution is -0.127. The van der Waals surface area contributed by atoms with Crippen LogP contribution in [0.15, 0.2) is 11.6 Å². The van der Waals surface area contributed by atoms with Crippen LogP contribution in [-0.2, 0) is 9.53 Å². The second-order valence-corrected chi connectivity index (χ2v) is 9.64. The van der Waals surface area contributed by atoms with E-state index in [-0.39, 0.29) is 5.41 Å². The van der Waals surface area contributed by atoms with Crippen molar-refractivity contribution in [3.63, 3.8) is 0 Å². The van der Waals surface area contributed by atoms with Crippen molar-refractivity contribution in [2.45, 2.75) is 78.2 Å². The Morgan fingerprint density at radius 1 is 1.12 bits per heavy atom. The van der Waals surface area contributed by atoms with Crippen molar-refractivity contribution in [1.82, 2.24) is 0 Å². The van der Waals surface area contributed by atoms with E-state index >= 15 is 0 Å². The predicted octanol–water partition coefficient (Wildman–Crippen LogP) is 5.17. The highest BCUT2D eigenvalue weighted by Gasteiger charge is 2.59. The second-order valence-electron chi connectivity index (χ2n) is 9.64. The van der Waals surface area contributed by atoms with Gasteiger partial charge in [-0.2, -0.15) is 0 Å². The fourth-order valence-electron chi connectivity index (χ4n) is 7.50. The summed E-state index contributed by atoms with van der Waals surface area (Å²) >= 11 is 0. The van der Waals surface area contributed by atoms with Crippen LogP contribution in [0.4, 0.5) is 0 Å². The summed E-state index contributed by atoms with van der Waals surface area (Å²) < 4.78 is 5.67. The van der Waals surface area contributed by atoms with E-state index in [0.29, 0.717) is 23.2 Å². The molecule has 0 aliphatic heterocycles. The molecule has 4 rings (SSSR count). The lowest BCUT2D eigenvalue weighted by Gasteiger charge is -2.58. The first kappa shape index (κ1) is 16.8. The maximum Gasteiger partial charge on any atom is 0.133 e. The molecule has 0 unspecified atom stereocenters. The van der Waals surface area contributed by atoms with E-state index in [9.17, 15) is 4.79 Å². The zero-order valence-corrected chi connectivity index (χ0v) is 15.9. The highest BCUT2D eigenvalue weighted by atomic mass is 16.5. The topological polar surface area (TPSA) is 26.3 Å². The molecule has 0 heterocycles. The van der Waals surface area contributed by atoms with Crippen LogP contribution in [0.5, 0.6) is 0 Å². The van der Waals surface area contributed by atoms with Gasteiger partial charge in [0, 0.05) is 13.0 Å². The van der Waals surface area contributed by atoms with Gasteiger partial charge in [0.15, 0.2) is 0 Å². The summed E-state index contributed by atoms with van der Waals surface area (Å²) in [6.07, 6.45) is 12.9. The fraction of sp³-hybridized carbons (Fsp3) is 0.864. The first-order chi connectivity index (χ1) is 11.4. The Kier molecular flexibility index (Phi) is 3.99. The molecule has 4 aliphatic rings. The molecule has 0 aromatic rings. The number of hydrogen-bond donors (Lipinski definition) is 0. The molecule has 2 nitrogen and oxygen atoms in total. The molecule has 4 aliphatic carbocycles. The first-order valence-electron chi connectivity index (χ1n) is 10.1. The second kappa shape index (κ2) is 5.69. The van der Waals surface area contributed by atoms with Gasteiger partial charge < -0.3 is 4.74 Å². The zero-order valence-electron chi connectivity index (χ0n) is 15.9. The Balaban J connectivity index is 1.63. The van der Waals surface area contributed by atoms with Crippen LogP contribution >= 0.6 is 0 Å². The molecule has 7 atom stereocenters. The number of methoxy groups -OCH3 is 1. The van der Waals surface area contributed by atoms with Crippen LogP contribution in [0, 0.1) is 34.5 Å². The summed E-state index contributed by atoms with van der Waals surface area (Å²) in [4.78, 5) is 12.2. The molecule has 0 bridgehead atoms. The quantitative estimate of drug-likeness (QED) is 0.653. The van der Waals surface area contributed by atoms with Crippen molar-refractivity contribution >= 4 is 5.78 Å². The maximum absolute atomic E-state index is 12.2. The largest absolute Gasteiger partial charge is 0.381 e. The van der Waals surface area contributed by atoms with Gasteiger partial charge in [0.2, 0.25) is 0 Å². The third-order valence-electron chi connectivity index (χ3n) is 8.88. The Labute approximate surface area is 147 Å². The number of ketones is 1. The monoisotopic (exact) mass is 330 g/mol. The van der Waals surface area contributed by atoms with E-state index in [2.05, 4.69) is 19.9 Å². The average Bonchev–Trinajstić information content (AvgIpc) is 2.91. The number of fused-ring (bicyclic) bond motifs is 5. The molecule has 0 amide bonds. The lowest BCUT2D eigenvalue weighted by Crippen LogP contribution is -2.51. The molecule has 0 aromatic carbocycles. The van der Waals surface area contributed by atoms with Crippen molar-refractivity contribution in [3.8, 4) is 0 Å². The number of allylic oxidation sites excluding steroid dienone is 1. The van der Waals surface area contributed by atoms with Crippen molar-refractivity contribution in [2.24, 2.45) is 34.5 Å². The van der Waals surface area contributed by atoms with Gasteiger partial charge in [-0.15, -0.1) is 0 Å². The summed E-state index contributed by atoms with van der Waals surface area (Å²) in [6, 6.07) is 0. The van der Waals surface area contributed by atoms with E-state index in [1.165, 1.54) is 38.5 Å². The normalized spacial score (nSPS) is 50.5. The maximum atomic E-state index is 12.2. The molecule has 0 aromatic heterocycles. The minimum Gasteiger partial charge on any atom is -0.381 e. The molecule has 0 spiro atoms. The molecular weight excluding hydrogens is 296 g/mol. The third-order valence-corrected chi connectivity index (χ3v) is 8.88. The third kappa shape index (κ3) is 2.21. The van der Waals surface area contributed by atoms with Crippen LogP contribution in [-0.4, -0.2) is 19.0 Å². The molecular formula is C22H34O2. The van der Waals surface area contributed by atoms with Crippen molar-refractivity contribution in [1.29, 1.82) is 0 Å². The van der Waals surface area contributed by atoms with E-state index in [4.69, 9.17) is 4.74 Å². The summed E-state index contributed by atoms with van der Waals surface area (Å²) in [7, 11) is 1.87. The number of carbonyl (C=O) groups is 1. The van der Waals surface area contributed by atoms with Crippen LogP contribution in [0.2, 0.25) is 0 Å². The van der Waals surface area contributed by atoms with Crippen LogP contribution < -0.4 is 0 Å². The van der Waals surface area contributed by atoms with Crippen molar-refractivity contribution in [3.05, 3.63) is 11.6 Å². The van der Waals surface area contributed by atoms with Gasteiger partial charge in [-0.3, -0.25) is 4.79 Å². The highest BCUT2D eigenvalue weighted by Crippen LogP contribution is 2.66. The average molecular weight is 331 g/mol. The summed E-state index contributed by atoms with van der Waals surface area (Å²) in [5.41, 5.74) is 2.36. The molecule has 0 N–H and O–H groups in total.